The van der Waals surface area contributed by atoms with Crippen LogP contribution in [0.25, 0.3) is 0 Å². The molecule has 88 valence electrons. The van der Waals surface area contributed by atoms with Crippen LogP contribution in [0.15, 0.2) is 35.1 Å². The molecule has 0 bridgehead atoms. The maximum atomic E-state index is 7.48. The fraction of sp³-hybridized carbons (Fsp3) is 0.0909. The Kier molecular flexibility index (Phi) is 3.14. The minimum Gasteiger partial charge on any atom is -0.453 e. The average Bonchev–Trinajstić information content (AvgIpc) is 2.63. The number of aryl methyl sites for hydroxylation is 1. The van der Waals surface area contributed by atoms with Gasteiger partial charge in [0.25, 0.3) is 0 Å². The average molecular weight is 295 g/mol. The zero-order valence-corrected chi connectivity index (χ0v) is 10.7. The Bertz CT molecular complexity index is 564. The van der Waals surface area contributed by atoms with Crippen molar-refractivity contribution in [2.24, 2.45) is 12.8 Å². The second-order valence-corrected chi connectivity index (χ2v) is 4.42. The SMILES string of the molecule is Cn1cc(Oc2cc(Br)ccc2C(=N)N)cn1. The second kappa shape index (κ2) is 4.58. The molecule has 5 nitrogen and oxygen atoms in total. The van der Waals surface area contributed by atoms with Gasteiger partial charge in [0.15, 0.2) is 5.75 Å². The van der Waals surface area contributed by atoms with Crippen LogP contribution < -0.4 is 10.5 Å². The number of halogens is 1. The third-order valence-electron chi connectivity index (χ3n) is 2.14. The molecule has 0 fully saturated rings. The number of aromatic nitrogens is 2. The van der Waals surface area contributed by atoms with Gasteiger partial charge in [-0.1, -0.05) is 15.9 Å². The topological polar surface area (TPSA) is 76.9 Å². The van der Waals surface area contributed by atoms with Gasteiger partial charge in [-0.2, -0.15) is 5.10 Å². The first-order valence-electron chi connectivity index (χ1n) is 4.86. The van der Waals surface area contributed by atoms with Gasteiger partial charge in [-0.25, -0.2) is 0 Å². The van der Waals surface area contributed by atoms with E-state index in [1.165, 1.54) is 0 Å². The fourth-order valence-corrected chi connectivity index (χ4v) is 1.72. The van der Waals surface area contributed by atoms with E-state index in [0.717, 1.165) is 4.47 Å². The summed E-state index contributed by atoms with van der Waals surface area (Å²) in [5, 5.41) is 11.5. The molecule has 0 saturated heterocycles. The molecule has 0 unspecified atom stereocenters. The Morgan fingerprint density at radius 2 is 2.29 bits per heavy atom. The summed E-state index contributed by atoms with van der Waals surface area (Å²) in [6, 6.07) is 5.31. The number of ether oxygens (including phenoxy) is 1. The summed E-state index contributed by atoms with van der Waals surface area (Å²) in [6.45, 7) is 0. The van der Waals surface area contributed by atoms with E-state index in [9.17, 15) is 0 Å². The van der Waals surface area contributed by atoms with Gasteiger partial charge >= 0.3 is 0 Å². The van der Waals surface area contributed by atoms with E-state index >= 15 is 0 Å². The number of amidine groups is 1. The Hall–Kier alpha value is -1.82. The molecule has 0 saturated carbocycles. The highest BCUT2D eigenvalue weighted by molar-refractivity contribution is 9.10. The van der Waals surface area contributed by atoms with E-state index in [0.29, 0.717) is 17.1 Å². The first-order valence-corrected chi connectivity index (χ1v) is 5.66. The maximum Gasteiger partial charge on any atom is 0.165 e. The van der Waals surface area contributed by atoms with E-state index in [1.807, 2.05) is 6.07 Å². The third-order valence-corrected chi connectivity index (χ3v) is 2.64. The van der Waals surface area contributed by atoms with Gasteiger partial charge in [-0.05, 0) is 18.2 Å². The molecule has 0 aliphatic rings. The van der Waals surface area contributed by atoms with Crippen LogP contribution in [0.3, 0.4) is 0 Å². The van der Waals surface area contributed by atoms with Crippen molar-refractivity contribution in [2.45, 2.75) is 0 Å². The molecule has 0 spiro atoms. The van der Waals surface area contributed by atoms with Gasteiger partial charge in [0.05, 0.1) is 18.0 Å². The molecular formula is C11H11BrN4O. The van der Waals surface area contributed by atoms with Crippen LogP contribution in [0.4, 0.5) is 0 Å². The summed E-state index contributed by atoms with van der Waals surface area (Å²) >= 11 is 3.35. The lowest BCUT2D eigenvalue weighted by molar-refractivity contribution is 0.480. The van der Waals surface area contributed by atoms with Crippen LogP contribution in [0.1, 0.15) is 5.56 Å². The normalized spacial score (nSPS) is 10.2. The van der Waals surface area contributed by atoms with E-state index < -0.39 is 0 Å². The Morgan fingerprint density at radius 3 is 2.88 bits per heavy atom. The molecule has 1 aromatic carbocycles. The van der Waals surface area contributed by atoms with E-state index in [2.05, 4.69) is 21.0 Å². The van der Waals surface area contributed by atoms with Crippen molar-refractivity contribution in [3.05, 3.63) is 40.6 Å². The predicted octanol–water partition coefficient (Wildman–Crippen LogP) is 2.26. The smallest absolute Gasteiger partial charge is 0.165 e. The van der Waals surface area contributed by atoms with Crippen molar-refractivity contribution in [2.75, 3.05) is 0 Å². The van der Waals surface area contributed by atoms with Gasteiger partial charge in [-0.3, -0.25) is 10.1 Å². The fourth-order valence-electron chi connectivity index (χ4n) is 1.38. The van der Waals surface area contributed by atoms with Crippen molar-refractivity contribution < 1.29 is 4.74 Å². The van der Waals surface area contributed by atoms with Crippen LogP contribution in [-0.2, 0) is 7.05 Å². The minimum atomic E-state index is -0.0311. The molecule has 0 amide bonds. The number of hydrogen-bond acceptors (Lipinski definition) is 3. The number of nitrogens with zero attached hydrogens (tertiary/aromatic N) is 2. The standard InChI is InChI=1S/C11H11BrN4O/c1-16-6-8(5-15-16)17-10-4-7(12)2-3-9(10)11(13)14/h2-6H,1H3,(H3,13,14). The largest absolute Gasteiger partial charge is 0.453 e. The highest BCUT2D eigenvalue weighted by Gasteiger charge is 2.09. The quantitative estimate of drug-likeness (QED) is 0.673. The van der Waals surface area contributed by atoms with Gasteiger partial charge in [-0.15, -0.1) is 0 Å². The Labute approximate surface area is 107 Å². The summed E-state index contributed by atoms with van der Waals surface area (Å²) in [5.41, 5.74) is 6.04. The highest BCUT2D eigenvalue weighted by Crippen LogP contribution is 2.28. The van der Waals surface area contributed by atoms with Crippen LogP contribution in [0.5, 0.6) is 11.5 Å². The second-order valence-electron chi connectivity index (χ2n) is 3.51. The number of nitrogens with two attached hydrogens (primary N) is 1. The van der Waals surface area contributed by atoms with Gasteiger partial charge in [0.2, 0.25) is 0 Å². The zero-order chi connectivity index (χ0) is 12.4. The summed E-state index contributed by atoms with van der Waals surface area (Å²) in [4.78, 5) is 0. The van der Waals surface area contributed by atoms with Crippen molar-refractivity contribution in [1.29, 1.82) is 5.41 Å². The number of nitrogens with one attached hydrogen (secondary N) is 1. The lowest BCUT2D eigenvalue weighted by Crippen LogP contribution is -2.12. The molecule has 2 rings (SSSR count). The van der Waals surface area contributed by atoms with Crippen LogP contribution in [-0.4, -0.2) is 15.6 Å². The zero-order valence-electron chi connectivity index (χ0n) is 9.14. The van der Waals surface area contributed by atoms with Gasteiger partial charge in [0.1, 0.15) is 11.6 Å². The molecule has 0 atom stereocenters. The minimum absolute atomic E-state index is 0.0311. The van der Waals surface area contributed by atoms with E-state index in [-0.39, 0.29) is 5.84 Å². The van der Waals surface area contributed by atoms with Crippen LogP contribution in [0, 0.1) is 5.41 Å². The van der Waals surface area contributed by atoms with Crippen molar-refractivity contribution in [1.82, 2.24) is 9.78 Å². The number of nitrogen functional groups attached to an aromatic ring is 1. The molecule has 1 aromatic heterocycles. The van der Waals surface area contributed by atoms with Gasteiger partial charge in [0, 0.05) is 11.5 Å². The summed E-state index contributed by atoms with van der Waals surface area (Å²) in [7, 11) is 1.81. The molecule has 17 heavy (non-hydrogen) atoms. The first kappa shape index (κ1) is 11.7. The summed E-state index contributed by atoms with van der Waals surface area (Å²) in [5.74, 6) is 1.10. The molecule has 1 heterocycles. The Balaban J connectivity index is 2.37. The highest BCUT2D eigenvalue weighted by atomic mass is 79.9. The van der Waals surface area contributed by atoms with Crippen LogP contribution in [0.2, 0.25) is 0 Å². The Morgan fingerprint density at radius 1 is 1.53 bits per heavy atom. The monoisotopic (exact) mass is 294 g/mol. The number of rotatable bonds is 3. The lowest BCUT2D eigenvalue weighted by atomic mass is 10.2. The lowest BCUT2D eigenvalue weighted by Gasteiger charge is -2.08. The van der Waals surface area contributed by atoms with E-state index in [1.54, 1.807) is 36.3 Å². The third kappa shape index (κ3) is 2.65. The summed E-state index contributed by atoms with van der Waals surface area (Å²) < 4.78 is 8.14. The summed E-state index contributed by atoms with van der Waals surface area (Å²) in [6.07, 6.45) is 3.34. The molecule has 3 N–H and O–H groups in total. The van der Waals surface area contributed by atoms with Crippen molar-refractivity contribution >= 4 is 21.8 Å². The predicted molar refractivity (Wildman–Crippen MR) is 68.4 cm³/mol. The molecule has 0 radical (unpaired) electrons. The number of benzene rings is 1. The maximum absolute atomic E-state index is 7.48. The first-order chi connectivity index (χ1) is 8.06. The molecule has 0 aliphatic carbocycles. The van der Waals surface area contributed by atoms with Crippen molar-refractivity contribution in [3.63, 3.8) is 0 Å². The van der Waals surface area contributed by atoms with Crippen LogP contribution >= 0.6 is 15.9 Å². The molecular weight excluding hydrogens is 284 g/mol. The number of hydrogen-bond donors (Lipinski definition) is 2. The van der Waals surface area contributed by atoms with Gasteiger partial charge < -0.3 is 10.5 Å². The molecule has 6 heteroatoms. The molecule has 0 aliphatic heterocycles. The molecule has 2 aromatic rings. The van der Waals surface area contributed by atoms with Crippen molar-refractivity contribution in [3.8, 4) is 11.5 Å². The van der Waals surface area contributed by atoms with E-state index in [4.69, 9.17) is 15.9 Å².